The number of carboxylic acids is 2. The number of nitrogens with zero attached hydrogens (tertiary/aromatic N) is 1. The molecule has 0 aliphatic heterocycles. The van der Waals surface area contributed by atoms with Crippen molar-refractivity contribution in [2.75, 3.05) is 0 Å². The fourth-order valence-electron chi connectivity index (χ4n) is 3.38. The second-order valence-corrected chi connectivity index (χ2v) is 6.16. The molecule has 0 fully saturated rings. The van der Waals surface area contributed by atoms with E-state index in [2.05, 4.69) is 0 Å². The molecule has 26 heavy (non-hydrogen) atoms. The summed E-state index contributed by atoms with van der Waals surface area (Å²) < 4.78 is 0. The predicted molar refractivity (Wildman–Crippen MR) is 94.7 cm³/mol. The SMILES string of the molecule is CCC(C(=O)[O-])N(C(CC)C(=O)[O-])C(c1ccccc1)c1ccccc1. The van der Waals surface area contributed by atoms with Crippen molar-refractivity contribution < 1.29 is 19.8 Å². The number of rotatable bonds is 9. The standard InChI is InChI=1S/C21H25NO4/c1-3-17(20(23)24)22(18(4-2)21(25)26)19(15-11-7-5-8-12-15)16-13-9-6-10-14-16/h5-14,17-19H,3-4H2,1-2H3,(H,23,24)(H,25,26)/p-2. The van der Waals surface area contributed by atoms with Gasteiger partial charge in [-0.3, -0.25) is 4.90 Å². The van der Waals surface area contributed by atoms with Crippen molar-refractivity contribution in [3.63, 3.8) is 0 Å². The van der Waals surface area contributed by atoms with Crippen LogP contribution in [-0.2, 0) is 9.59 Å². The van der Waals surface area contributed by atoms with Gasteiger partial charge in [0.05, 0.1) is 30.1 Å². The Balaban J connectivity index is 2.68. The van der Waals surface area contributed by atoms with Crippen molar-refractivity contribution in [3.05, 3.63) is 71.8 Å². The summed E-state index contributed by atoms with van der Waals surface area (Å²) in [5, 5.41) is 23.6. The maximum absolute atomic E-state index is 11.8. The number of aliphatic carboxylic acids is 2. The maximum atomic E-state index is 11.8. The third-order valence-corrected chi connectivity index (χ3v) is 4.57. The molecule has 2 rings (SSSR count). The van der Waals surface area contributed by atoms with Crippen LogP contribution in [-0.4, -0.2) is 28.9 Å². The summed E-state index contributed by atoms with van der Waals surface area (Å²) in [5.41, 5.74) is 1.64. The van der Waals surface area contributed by atoms with E-state index in [1.807, 2.05) is 60.7 Å². The molecular formula is C21H23NO4-2. The van der Waals surface area contributed by atoms with Crippen molar-refractivity contribution in [2.24, 2.45) is 0 Å². The summed E-state index contributed by atoms with van der Waals surface area (Å²) in [7, 11) is 0. The van der Waals surface area contributed by atoms with Crippen LogP contribution in [0.5, 0.6) is 0 Å². The lowest BCUT2D eigenvalue weighted by molar-refractivity contribution is -0.320. The molecule has 0 N–H and O–H groups in total. The van der Waals surface area contributed by atoms with Crippen LogP contribution in [0.4, 0.5) is 0 Å². The summed E-state index contributed by atoms with van der Waals surface area (Å²) in [6.45, 7) is 3.42. The predicted octanol–water partition coefficient (Wildman–Crippen LogP) is 1.14. The topological polar surface area (TPSA) is 83.5 Å². The minimum Gasteiger partial charge on any atom is -0.548 e. The van der Waals surface area contributed by atoms with E-state index in [4.69, 9.17) is 0 Å². The average Bonchev–Trinajstić information content (AvgIpc) is 2.64. The van der Waals surface area contributed by atoms with E-state index in [-0.39, 0.29) is 12.8 Å². The molecule has 0 spiro atoms. The zero-order valence-corrected chi connectivity index (χ0v) is 15.0. The summed E-state index contributed by atoms with van der Waals surface area (Å²) in [4.78, 5) is 25.1. The van der Waals surface area contributed by atoms with Gasteiger partial charge in [0.15, 0.2) is 0 Å². The molecule has 0 saturated carbocycles. The van der Waals surface area contributed by atoms with Gasteiger partial charge >= 0.3 is 0 Å². The highest BCUT2D eigenvalue weighted by Crippen LogP contribution is 2.33. The quantitative estimate of drug-likeness (QED) is 0.675. The highest BCUT2D eigenvalue weighted by molar-refractivity contribution is 5.75. The lowest BCUT2D eigenvalue weighted by atomic mass is 9.92. The molecule has 2 unspecified atom stereocenters. The molecule has 2 aromatic rings. The van der Waals surface area contributed by atoms with Crippen molar-refractivity contribution in [1.29, 1.82) is 0 Å². The third kappa shape index (κ3) is 4.29. The monoisotopic (exact) mass is 353 g/mol. The number of carbonyl (C=O) groups is 2. The van der Waals surface area contributed by atoms with Gasteiger partial charge in [-0.05, 0) is 24.0 Å². The van der Waals surface area contributed by atoms with Crippen molar-refractivity contribution in [2.45, 2.75) is 44.8 Å². The molecule has 0 amide bonds. The molecule has 2 atom stereocenters. The molecule has 0 aliphatic rings. The smallest absolute Gasteiger partial charge is 0.0613 e. The average molecular weight is 353 g/mol. The lowest BCUT2D eigenvalue weighted by Gasteiger charge is -2.44. The molecule has 5 heteroatoms. The van der Waals surface area contributed by atoms with Gasteiger partial charge in [0.1, 0.15) is 0 Å². The number of hydrogen-bond acceptors (Lipinski definition) is 5. The van der Waals surface area contributed by atoms with Gasteiger partial charge in [-0.2, -0.15) is 0 Å². The zero-order chi connectivity index (χ0) is 19.1. The fourth-order valence-corrected chi connectivity index (χ4v) is 3.38. The summed E-state index contributed by atoms with van der Waals surface area (Å²) in [6, 6.07) is 16.0. The van der Waals surface area contributed by atoms with Crippen molar-refractivity contribution in [1.82, 2.24) is 4.90 Å². The van der Waals surface area contributed by atoms with Gasteiger partial charge in [0.25, 0.3) is 0 Å². The summed E-state index contributed by atoms with van der Waals surface area (Å²) in [6.07, 6.45) is 0.449. The zero-order valence-electron chi connectivity index (χ0n) is 15.0. The van der Waals surface area contributed by atoms with Crippen LogP contribution in [0.2, 0.25) is 0 Å². The summed E-state index contributed by atoms with van der Waals surface area (Å²) >= 11 is 0. The molecule has 0 heterocycles. The maximum Gasteiger partial charge on any atom is 0.0613 e. The van der Waals surface area contributed by atoms with Crippen LogP contribution in [0, 0.1) is 0 Å². The molecule has 138 valence electrons. The highest BCUT2D eigenvalue weighted by atomic mass is 16.4. The highest BCUT2D eigenvalue weighted by Gasteiger charge is 2.34. The Morgan fingerprint density at radius 2 is 1.12 bits per heavy atom. The normalized spacial score (nSPS) is 13.5. The van der Waals surface area contributed by atoms with E-state index in [0.717, 1.165) is 11.1 Å². The first-order chi connectivity index (χ1) is 12.5. The Morgan fingerprint density at radius 1 is 0.769 bits per heavy atom. The molecule has 0 radical (unpaired) electrons. The molecule has 0 bridgehead atoms. The van der Waals surface area contributed by atoms with Crippen molar-refractivity contribution >= 4 is 11.9 Å². The van der Waals surface area contributed by atoms with Crippen LogP contribution in [0.3, 0.4) is 0 Å². The van der Waals surface area contributed by atoms with Crippen LogP contribution in [0.15, 0.2) is 60.7 Å². The number of hydrogen-bond donors (Lipinski definition) is 0. The van der Waals surface area contributed by atoms with E-state index in [1.165, 1.54) is 4.90 Å². The molecule has 0 saturated heterocycles. The molecule has 2 aromatic carbocycles. The van der Waals surface area contributed by atoms with E-state index >= 15 is 0 Å². The molecule has 0 aromatic heterocycles. The lowest BCUT2D eigenvalue weighted by Crippen LogP contribution is -2.58. The minimum atomic E-state index is -1.29. The largest absolute Gasteiger partial charge is 0.548 e. The van der Waals surface area contributed by atoms with Crippen LogP contribution < -0.4 is 10.2 Å². The third-order valence-electron chi connectivity index (χ3n) is 4.57. The second-order valence-electron chi connectivity index (χ2n) is 6.16. The Labute approximate surface area is 153 Å². The Bertz CT molecular complexity index is 656. The van der Waals surface area contributed by atoms with Gasteiger partial charge in [-0.15, -0.1) is 0 Å². The van der Waals surface area contributed by atoms with E-state index < -0.39 is 30.1 Å². The van der Waals surface area contributed by atoms with E-state index in [0.29, 0.717) is 0 Å². The van der Waals surface area contributed by atoms with Gasteiger partial charge in [0, 0.05) is 0 Å². The van der Waals surface area contributed by atoms with Crippen LogP contribution >= 0.6 is 0 Å². The molecule has 0 aliphatic carbocycles. The summed E-state index contributed by atoms with van der Waals surface area (Å²) in [5.74, 6) is -2.58. The fraction of sp³-hybridized carbons (Fsp3) is 0.333. The first-order valence-electron chi connectivity index (χ1n) is 8.80. The van der Waals surface area contributed by atoms with E-state index in [1.54, 1.807) is 13.8 Å². The Morgan fingerprint density at radius 3 is 1.38 bits per heavy atom. The minimum absolute atomic E-state index is 0.224. The van der Waals surface area contributed by atoms with Gasteiger partial charge in [-0.25, -0.2) is 0 Å². The molecule has 5 nitrogen and oxygen atoms in total. The van der Waals surface area contributed by atoms with Crippen LogP contribution in [0.25, 0.3) is 0 Å². The molecular weight excluding hydrogens is 330 g/mol. The number of benzene rings is 2. The number of carbonyl (C=O) groups excluding carboxylic acids is 2. The first kappa shape index (κ1) is 19.7. The number of carboxylic acid groups (broad SMARTS) is 2. The van der Waals surface area contributed by atoms with Gasteiger partial charge in [0.2, 0.25) is 0 Å². The van der Waals surface area contributed by atoms with Crippen molar-refractivity contribution in [3.8, 4) is 0 Å². The van der Waals surface area contributed by atoms with E-state index in [9.17, 15) is 19.8 Å². The second kappa shape index (κ2) is 9.15. The Kier molecular flexibility index (Phi) is 6.92. The van der Waals surface area contributed by atoms with Gasteiger partial charge in [-0.1, -0.05) is 74.5 Å². The van der Waals surface area contributed by atoms with Gasteiger partial charge < -0.3 is 19.8 Å². The first-order valence-corrected chi connectivity index (χ1v) is 8.80. The van der Waals surface area contributed by atoms with Crippen LogP contribution in [0.1, 0.15) is 43.9 Å². The Hall–Kier alpha value is -2.66.